The molecule has 1 nitrogen and oxygen atoms in total. The minimum absolute atomic E-state index is 0. The van der Waals surface area contributed by atoms with Gasteiger partial charge < -0.3 is 12.4 Å². The van der Waals surface area contributed by atoms with E-state index in [2.05, 4.69) is 83.4 Å². The molecule has 0 aliphatic carbocycles. The molecule has 0 radical (unpaired) electrons. The second-order valence-corrected chi connectivity index (χ2v) is 5.62. The van der Waals surface area contributed by atoms with E-state index in [0.29, 0.717) is 5.88 Å². The molecule has 0 spiro atoms. The number of rotatable bonds is 2. The number of aromatic nitrogens is 1. The molecule has 0 unspecified atom stereocenters. The fourth-order valence-corrected chi connectivity index (χ4v) is 3.25. The number of hydrogen-bond acceptors (Lipinski definition) is 0. The van der Waals surface area contributed by atoms with Crippen LogP contribution in [0.1, 0.15) is 5.69 Å². The van der Waals surface area contributed by atoms with E-state index in [1.165, 1.54) is 27.4 Å². The minimum atomic E-state index is 0. The van der Waals surface area contributed by atoms with Gasteiger partial charge in [-0.1, -0.05) is 42.5 Å². The molecule has 0 fully saturated rings. The first-order valence-corrected chi connectivity index (χ1v) is 7.89. The summed E-state index contributed by atoms with van der Waals surface area (Å²) in [7, 11) is 0. The maximum absolute atomic E-state index is 6.21. The van der Waals surface area contributed by atoms with Gasteiger partial charge in [-0.3, -0.25) is 0 Å². The number of hydrogen-bond donors (Lipinski definition) is 0. The van der Waals surface area contributed by atoms with Gasteiger partial charge in [0.2, 0.25) is 16.9 Å². The molecular formula is C20H15Cl2N. The minimum Gasteiger partial charge on any atom is -1.00 e. The Morgan fingerprint density at radius 2 is 1.39 bits per heavy atom. The molecule has 0 saturated heterocycles. The Morgan fingerprint density at radius 3 is 2.22 bits per heavy atom. The van der Waals surface area contributed by atoms with Crippen LogP contribution in [0.25, 0.3) is 27.4 Å². The number of nitrogens with zero attached hydrogens (tertiary/aromatic N) is 1. The summed E-state index contributed by atoms with van der Waals surface area (Å²) in [4.78, 5) is 0. The number of pyridine rings is 1. The monoisotopic (exact) mass is 339 g/mol. The number of fused-ring (bicyclic) bond motifs is 2. The van der Waals surface area contributed by atoms with Gasteiger partial charge in [0.25, 0.3) is 0 Å². The molecule has 0 aliphatic heterocycles. The smallest absolute Gasteiger partial charge is 0.219 e. The number of benzene rings is 3. The van der Waals surface area contributed by atoms with Crippen molar-refractivity contribution in [2.45, 2.75) is 5.88 Å². The van der Waals surface area contributed by atoms with Gasteiger partial charge >= 0.3 is 0 Å². The summed E-state index contributed by atoms with van der Waals surface area (Å²) in [5, 5.41) is 3.68. The Labute approximate surface area is 146 Å². The van der Waals surface area contributed by atoms with E-state index in [1.807, 2.05) is 0 Å². The molecule has 1 heterocycles. The molecule has 3 heteroatoms. The highest BCUT2D eigenvalue weighted by Gasteiger charge is 2.19. The molecule has 0 aliphatic rings. The van der Waals surface area contributed by atoms with Crippen molar-refractivity contribution in [1.82, 2.24) is 0 Å². The van der Waals surface area contributed by atoms with E-state index in [1.54, 1.807) is 0 Å². The highest BCUT2D eigenvalue weighted by Crippen LogP contribution is 2.22. The zero-order valence-corrected chi connectivity index (χ0v) is 13.9. The van der Waals surface area contributed by atoms with Crippen LogP contribution in [-0.2, 0) is 5.88 Å². The third-order valence-corrected chi connectivity index (χ3v) is 4.34. The SMILES string of the molecule is ClCc1ccc2ccccc2[n+]1-c1cccc2ccccc12.[Cl-]. The van der Waals surface area contributed by atoms with E-state index in [4.69, 9.17) is 11.6 Å². The van der Waals surface area contributed by atoms with Crippen LogP contribution < -0.4 is 17.0 Å². The van der Waals surface area contributed by atoms with E-state index in [-0.39, 0.29) is 12.4 Å². The van der Waals surface area contributed by atoms with Crippen LogP contribution in [0, 0.1) is 0 Å². The van der Waals surface area contributed by atoms with Gasteiger partial charge in [-0.2, -0.15) is 4.57 Å². The van der Waals surface area contributed by atoms with Crippen LogP contribution in [0.5, 0.6) is 0 Å². The van der Waals surface area contributed by atoms with Crippen molar-refractivity contribution in [3.63, 3.8) is 0 Å². The number of para-hydroxylation sites is 1. The Bertz CT molecular complexity index is 974. The summed E-state index contributed by atoms with van der Waals surface area (Å²) in [5.74, 6) is 0.480. The summed E-state index contributed by atoms with van der Waals surface area (Å²) in [6.07, 6.45) is 0. The quantitative estimate of drug-likeness (QED) is 0.388. The lowest BCUT2D eigenvalue weighted by Crippen LogP contribution is -3.00. The zero-order chi connectivity index (χ0) is 14.9. The standard InChI is InChI=1S/C20H15ClN.ClH/c21-14-17-13-12-16-7-2-4-10-19(16)22(17)20-11-5-8-15-6-1-3-9-18(15)20;/h1-13H,14H2;1H/q+1;/p-1. The topological polar surface area (TPSA) is 3.88 Å². The van der Waals surface area contributed by atoms with Crippen LogP contribution in [-0.4, -0.2) is 0 Å². The van der Waals surface area contributed by atoms with Crippen LogP contribution in [0.4, 0.5) is 0 Å². The Morgan fingerprint density at radius 1 is 0.696 bits per heavy atom. The first kappa shape index (κ1) is 15.8. The number of alkyl halides is 1. The fraction of sp³-hybridized carbons (Fsp3) is 0.0500. The molecule has 0 saturated carbocycles. The molecule has 23 heavy (non-hydrogen) atoms. The molecule has 3 aromatic carbocycles. The second-order valence-electron chi connectivity index (χ2n) is 5.35. The van der Waals surface area contributed by atoms with Crippen LogP contribution >= 0.6 is 11.6 Å². The molecule has 114 valence electrons. The highest BCUT2D eigenvalue weighted by molar-refractivity contribution is 6.16. The van der Waals surface area contributed by atoms with E-state index in [0.717, 1.165) is 5.69 Å². The molecule has 4 rings (SSSR count). The Kier molecular flexibility index (Phi) is 4.51. The van der Waals surface area contributed by atoms with Crippen molar-refractivity contribution in [3.05, 3.63) is 84.6 Å². The maximum atomic E-state index is 6.21. The summed E-state index contributed by atoms with van der Waals surface area (Å²) in [6.45, 7) is 0. The zero-order valence-electron chi connectivity index (χ0n) is 12.4. The summed E-state index contributed by atoms with van der Waals surface area (Å²) in [6, 6.07) is 27.5. The summed E-state index contributed by atoms with van der Waals surface area (Å²) in [5.41, 5.74) is 3.44. The lowest BCUT2D eigenvalue weighted by atomic mass is 10.1. The fourth-order valence-electron chi connectivity index (χ4n) is 3.04. The molecular weight excluding hydrogens is 325 g/mol. The van der Waals surface area contributed by atoms with Gasteiger partial charge in [0.1, 0.15) is 5.88 Å². The van der Waals surface area contributed by atoms with Gasteiger partial charge in [0, 0.05) is 23.6 Å². The van der Waals surface area contributed by atoms with Gasteiger partial charge in [-0.05, 0) is 23.6 Å². The molecule has 4 aromatic rings. The van der Waals surface area contributed by atoms with Crippen LogP contribution in [0.3, 0.4) is 0 Å². The maximum Gasteiger partial charge on any atom is 0.219 e. The molecule has 0 N–H and O–H groups in total. The summed E-state index contributed by atoms with van der Waals surface area (Å²) >= 11 is 6.21. The predicted octanol–water partition coefficient (Wildman–Crippen LogP) is 2.01. The Hall–Kier alpha value is -2.09. The van der Waals surface area contributed by atoms with E-state index >= 15 is 0 Å². The van der Waals surface area contributed by atoms with Gasteiger partial charge in [0.15, 0.2) is 0 Å². The third kappa shape index (κ3) is 2.67. The first-order valence-electron chi connectivity index (χ1n) is 7.35. The van der Waals surface area contributed by atoms with E-state index in [9.17, 15) is 0 Å². The van der Waals surface area contributed by atoms with Gasteiger partial charge in [-0.15, -0.1) is 11.6 Å². The lowest BCUT2D eigenvalue weighted by Gasteiger charge is -2.07. The third-order valence-electron chi connectivity index (χ3n) is 4.06. The summed E-state index contributed by atoms with van der Waals surface area (Å²) < 4.78 is 2.27. The second kappa shape index (κ2) is 6.57. The first-order chi connectivity index (χ1) is 10.9. The lowest BCUT2D eigenvalue weighted by molar-refractivity contribution is -0.573. The van der Waals surface area contributed by atoms with Crippen molar-refractivity contribution in [1.29, 1.82) is 0 Å². The molecule has 0 bridgehead atoms. The van der Waals surface area contributed by atoms with Crippen LogP contribution in [0.2, 0.25) is 0 Å². The number of halogens is 2. The average Bonchev–Trinajstić information content (AvgIpc) is 2.60. The predicted molar refractivity (Wildman–Crippen MR) is 92.5 cm³/mol. The molecule has 0 amide bonds. The normalized spacial score (nSPS) is 10.7. The molecule has 1 aromatic heterocycles. The van der Waals surface area contributed by atoms with Crippen LogP contribution in [0.15, 0.2) is 78.9 Å². The van der Waals surface area contributed by atoms with Crippen molar-refractivity contribution in [2.24, 2.45) is 0 Å². The van der Waals surface area contributed by atoms with Gasteiger partial charge in [0.05, 0.1) is 5.39 Å². The van der Waals surface area contributed by atoms with Crippen molar-refractivity contribution in [3.8, 4) is 5.69 Å². The van der Waals surface area contributed by atoms with Gasteiger partial charge in [-0.25, -0.2) is 0 Å². The van der Waals surface area contributed by atoms with E-state index < -0.39 is 0 Å². The molecule has 0 atom stereocenters. The largest absolute Gasteiger partial charge is 1.00 e. The van der Waals surface area contributed by atoms with Crippen molar-refractivity contribution >= 4 is 33.3 Å². The average molecular weight is 340 g/mol. The highest BCUT2D eigenvalue weighted by atomic mass is 35.5. The Balaban J connectivity index is 0.00000156. The van der Waals surface area contributed by atoms with Crippen molar-refractivity contribution in [2.75, 3.05) is 0 Å². The van der Waals surface area contributed by atoms with Crippen molar-refractivity contribution < 1.29 is 17.0 Å².